The number of unbranched alkanes of at least 4 members (excludes halogenated alkanes) is 2. The maximum absolute atomic E-state index is 12.2. The molecule has 0 bridgehead atoms. The summed E-state index contributed by atoms with van der Waals surface area (Å²) >= 11 is 0. The molecule has 0 saturated carbocycles. The van der Waals surface area contributed by atoms with E-state index in [9.17, 15) is 29.1 Å². The SMILES string of the molecule is O=C(O)CCCCC[N+]1(N2C(=O)CC(O)C2=O)C(=O)C=CC1=O. The lowest BCUT2D eigenvalue weighted by molar-refractivity contribution is -0.867. The van der Waals surface area contributed by atoms with Gasteiger partial charge in [-0.15, -0.1) is 5.01 Å². The van der Waals surface area contributed by atoms with Gasteiger partial charge < -0.3 is 10.2 Å². The molecular formula is C14H17N2O7+. The Morgan fingerprint density at radius 1 is 1.13 bits per heavy atom. The molecule has 1 unspecified atom stereocenters. The monoisotopic (exact) mass is 325 g/mol. The molecule has 2 aliphatic heterocycles. The van der Waals surface area contributed by atoms with Crippen LogP contribution in [-0.2, 0) is 24.0 Å². The van der Waals surface area contributed by atoms with Crippen molar-refractivity contribution in [1.82, 2.24) is 5.01 Å². The van der Waals surface area contributed by atoms with Crippen LogP contribution >= 0.6 is 0 Å². The Morgan fingerprint density at radius 2 is 1.74 bits per heavy atom. The molecule has 124 valence electrons. The summed E-state index contributed by atoms with van der Waals surface area (Å²) < 4.78 is -1.10. The molecule has 9 heteroatoms. The number of amides is 4. The molecule has 0 aromatic carbocycles. The third-order valence-electron chi connectivity index (χ3n) is 3.91. The van der Waals surface area contributed by atoms with E-state index >= 15 is 0 Å². The molecule has 0 aromatic rings. The van der Waals surface area contributed by atoms with Crippen LogP contribution in [0.1, 0.15) is 32.1 Å². The van der Waals surface area contributed by atoms with Crippen LogP contribution in [0, 0.1) is 0 Å². The van der Waals surface area contributed by atoms with Gasteiger partial charge >= 0.3 is 23.7 Å². The van der Waals surface area contributed by atoms with Gasteiger partial charge in [0.1, 0.15) is 12.6 Å². The second-order valence-electron chi connectivity index (χ2n) is 5.47. The molecule has 0 spiro atoms. The number of aliphatic hydroxyl groups excluding tert-OH is 1. The minimum absolute atomic E-state index is 0.0412. The van der Waals surface area contributed by atoms with E-state index in [2.05, 4.69) is 0 Å². The van der Waals surface area contributed by atoms with Gasteiger partial charge in [-0.05, 0) is 19.3 Å². The number of aliphatic carboxylic acids is 1. The van der Waals surface area contributed by atoms with Gasteiger partial charge in [0.2, 0.25) is 0 Å². The summed E-state index contributed by atoms with van der Waals surface area (Å²) in [5, 5.41) is 18.6. The number of carbonyl (C=O) groups excluding carboxylic acids is 4. The van der Waals surface area contributed by atoms with E-state index in [0.717, 1.165) is 12.2 Å². The number of aliphatic hydroxyl groups is 1. The number of carbonyl (C=O) groups is 5. The van der Waals surface area contributed by atoms with Crippen LogP contribution in [0.4, 0.5) is 0 Å². The maximum Gasteiger partial charge on any atom is 0.371 e. The zero-order chi connectivity index (χ0) is 17.2. The van der Waals surface area contributed by atoms with Gasteiger partial charge in [0, 0.05) is 6.42 Å². The largest absolute Gasteiger partial charge is 0.481 e. The van der Waals surface area contributed by atoms with Crippen molar-refractivity contribution >= 4 is 29.6 Å². The van der Waals surface area contributed by atoms with E-state index in [4.69, 9.17) is 5.11 Å². The normalized spacial score (nSPS) is 23.2. The number of carboxylic acids is 1. The molecule has 2 heterocycles. The molecule has 2 N–H and O–H groups in total. The van der Waals surface area contributed by atoms with Crippen LogP contribution in [0.15, 0.2) is 12.2 Å². The van der Waals surface area contributed by atoms with Gasteiger partial charge in [0.15, 0.2) is 0 Å². The summed E-state index contributed by atoms with van der Waals surface area (Å²) in [5.41, 5.74) is 0. The fourth-order valence-corrected chi connectivity index (χ4v) is 2.77. The Balaban J connectivity index is 2.17. The molecule has 23 heavy (non-hydrogen) atoms. The molecule has 0 radical (unpaired) electrons. The number of carboxylic acid groups (broad SMARTS) is 1. The lowest BCUT2D eigenvalue weighted by atomic mass is 10.2. The van der Waals surface area contributed by atoms with Crippen molar-refractivity contribution in [2.45, 2.75) is 38.2 Å². The Kier molecular flexibility index (Phi) is 4.71. The standard InChI is InChI=1S/C14H16N2O7/c17-9-8-10(18)15(14(9)23)16(11(19)5-6-12(16)20)7-3-1-2-4-13(21)22/h5-6,9,17H,1-4,7-8H2/p+1. The highest BCUT2D eigenvalue weighted by Crippen LogP contribution is 2.28. The molecule has 2 rings (SSSR count). The highest BCUT2D eigenvalue weighted by Gasteiger charge is 2.60. The number of hydrogen-bond acceptors (Lipinski definition) is 6. The van der Waals surface area contributed by atoms with E-state index < -0.39 is 46.7 Å². The first-order valence-electron chi connectivity index (χ1n) is 7.23. The fraction of sp³-hybridized carbons (Fsp3) is 0.500. The summed E-state index contributed by atoms with van der Waals surface area (Å²) in [6.07, 6.45) is 1.01. The summed E-state index contributed by atoms with van der Waals surface area (Å²) in [5.74, 6) is -4.13. The third kappa shape index (κ3) is 2.92. The number of rotatable bonds is 7. The summed E-state index contributed by atoms with van der Waals surface area (Å²) in [7, 11) is 0. The van der Waals surface area contributed by atoms with Crippen molar-refractivity contribution in [1.29, 1.82) is 0 Å². The van der Waals surface area contributed by atoms with Crippen LogP contribution in [0.5, 0.6) is 0 Å². The minimum atomic E-state index is -1.55. The highest BCUT2D eigenvalue weighted by molar-refractivity contribution is 6.10. The van der Waals surface area contributed by atoms with Gasteiger partial charge in [-0.3, -0.25) is 14.4 Å². The van der Waals surface area contributed by atoms with E-state index in [0.29, 0.717) is 17.9 Å². The van der Waals surface area contributed by atoms with Crippen molar-refractivity contribution in [3.8, 4) is 0 Å². The molecular weight excluding hydrogens is 308 g/mol. The van der Waals surface area contributed by atoms with E-state index in [1.165, 1.54) is 0 Å². The van der Waals surface area contributed by atoms with Crippen molar-refractivity contribution in [3.05, 3.63) is 12.2 Å². The lowest BCUT2D eigenvalue weighted by Crippen LogP contribution is -2.66. The second-order valence-corrected chi connectivity index (χ2v) is 5.47. The highest BCUT2D eigenvalue weighted by atomic mass is 16.4. The molecule has 2 aliphatic rings. The molecule has 0 aliphatic carbocycles. The van der Waals surface area contributed by atoms with Crippen LogP contribution < -0.4 is 0 Å². The van der Waals surface area contributed by atoms with Crippen molar-refractivity contribution in [2.75, 3.05) is 6.54 Å². The van der Waals surface area contributed by atoms with Gasteiger partial charge in [-0.2, -0.15) is 0 Å². The van der Waals surface area contributed by atoms with Crippen LogP contribution in [0.3, 0.4) is 0 Å². The lowest BCUT2D eigenvalue weighted by Gasteiger charge is -2.33. The number of quaternary nitrogens is 1. The maximum atomic E-state index is 12.2. The molecule has 1 saturated heterocycles. The van der Waals surface area contributed by atoms with Crippen LogP contribution in [0.2, 0.25) is 0 Å². The summed E-state index contributed by atoms with van der Waals surface area (Å²) in [4.78, 5) is 58.9. The minimum Gasteiger partial charge on any atom is -0.481 e. The number of hydrogen-bond donors (Lipinski definition) is 2. The average Bonchev–Trinajstić information content (AvgIpc) is 2.89. The topological polar surface area (TPSA) is 129 Å². The first-order valence-corrected chi connectivity index (χ1v) is 7.23. The smallest absolute Gasteiger partial charge is 0.371 e. The first-order chi connectivity index (χ1) is 10.8. The Hall–Kier alpha value is -2.39. The van der Waals surface area contributed by atoms with Crippen molar-refractivity contribution in [3.63, 3.8) is 0 Å². The molecule has 1 atom stereocenters. The Bertz CT molecular complexity index is 592. The van der Waals surface area contributed by atoms with Crippen LogP contribution in [-0.4, -0.2) is 62.1 Å². The van der Waals surface area contributed by atoms with Crippen molar-refractivity contribution in [2.24, 2.45) is 0 Å². The fourth-order valence-electron chi connectivity index (χ4n) is 2.77. The van der Waals surface area contributed by atoms with Crippen LogP contribution in [0.25, 0.3) is 0 Å². The Morgan fingerprint density at radius 3 is 2.22 bits per heavy atom. The molecule has 4 amide bonds. The van der Waals surface area contributed by atoms with Gasteiger partial charge in [0.25, 0.3) is 5.91 Å². The molecule has 9 nitrogen and oxygen atoms in total. The van der Waals surface area contributed by atoms with E-state index in [1.807, 2.05) is 0 Å². The van der Waals surface area contributed by atoms with E-state index in [-0.39, 0.29) is 19.4 Å². The number of nitrogens with zero attached hydrogens (tertiary/aromatic N) is 2. The zero-order valence-electron chi connectivity index (χ0n) is 12.3. The summed E-state index contributed by atoms with van der Waals surface area (Å²) in [6.45, 7) is -0.130. The molecule has 0 aromatic heterocycles. The molecule has 1 fully saturated rings. The predicted octanol–water partition coefficient (Wildman–Crippen LogP) is -0.894. The Labute approximate surface area is 131 Å². The van der Waals surface area contributed by atoms with Gasteiger partial charge in [-0.25, -0.2) is 9.59 Å². The predicted molar refractivity (Wildman–Crippen MR) is 72.9 cm³/mol. The third-order valence-corrected chi connectivity index (χ3v) is 3.91. The van der Waals surface area contributed by atoms with Gasteiger partial charge in [0.05, 0.1) is 18.6 Å². The quantitative estimate of drug-likeness (QED) is 0.353. The summed E-state index contributed by atoms with van der Waals surface area (Å²) in [6, 6.07) is 0. The number of imide groups is 2. The first kappa shape index (κ1) is 17.0. The van der Waals surface area contributed by atoms with Crippen molar-refractivity contribution < 1.29 is 38.8 Å². The average molecular weight is 325 g/mol. The zero-order valence-corrected chi connectivity index (χ0v) is 12.3. The van der Waals surface area contributed by atoms with E-state index in [1.54, 1.807) is 0 Å². The van der Waals surface area contributed by atoms with Gasteiger partial charge in [-0.1, -0.05) is 4.59 Å². The second kappa shape index (κ2) is 6.39.